The third-order valence-electron chi connectivity index (χ3n) is 6.77. The second kappa shape index (κ2) is 11.6. The van der Waals surface area contributed by atoms with Gasteiger partial charge in [0.1, 0.15) is 5.69 Å². The van der Waals surface area contributed by atoms with Crippen molar-refractivity contribution in [3.05, 3.63) is 57.1 Å². The third kappa shape index (κ3) is 5.90. The number of hydrogen-bond donors (Lipinski definition) is 1. The van der Waals surface area contributed by atoms with Crippen LogP contribution in [0, 0.1) is 10.1 Å². The highest BCUT2D eigenvalue weighted by Gasteiger charge is 2.25. The SMILES string of the molecule is CCCC(=O)N1CCN(c2ccc(Cl)cc2NC(=O)c2ccc(N3CCCCC3)c([N+](=O)[O-])c2)CC1. The molecule has 4 rings (SSSR count). The van der Waals surface area contributed by atoms with Gasteiger partial charge < -0.3 is 20.0 Å². The van der Waals surface area contributed by atoms with E-state index in [9.17, 15) is 19.7 Å². The summed E-state index contributed by atoms with van der Waals surface area (Å²) in [5.74, 6) is -0.278. The molecule has 2 aromatic carbocycles. The number of nitrogens with one attached hydrogen (secondary N) is 1. The summed E-state index contributed by atoms with van der Waals surface area (Å²) in [6.07, 6.45) is 4.49. The molecule has 0 unspecified atom stereocenters. The van der Waals surface area contributed by atoms with E-state index in [1.54, 1.807) is 24.3 Å². The van der Waals surface area contributed by atoms with Crippen molar-refractivity contribution in [3.8, 4) is 0 Å². The summed E-state index contributed by atoms with van der Waals surface area (Å²) in [6.45, 7) is 6.03. The topological polar surface area (TPSA) is 99.0 Å². The second-order valence-corrected chi connectivity index (χ2v) is 9.68. The van der Waals surface area contributed by atoms with Crippen LogP contribution in [0.2, 0.25) is 5.02 Å². The smallest absolute Gasteiger partial charge is 0.293 e. The lowest BCUT2D eigenvalue weighted by Crippen LogP contribution is -2.48. The van der Waals surface area contributed by atoms with Gasteiger partial charge in [-0.1, -0.05) is 18.5 Å². The highest BCUT2D eigenvalue weighted by atomic mass is 35.5. The molecule has 10 heteroatoms. The molecule has 2 aliphatic rings. The fourth-order valence-electron chi connectivity index (χ4n) is 4.86. The number of nitro groups is 1. The minimum absolute atomic E-state index is 0.0660. The number of piperidine rings is 1. The van der Waals surface area contributed by atoms with Gasteiger partial charge in [-0.3, -0.25) is 19.7 Å². The van der Waals surface area contributed by atoms with Gasteiger partial charge >= 0.3 is 0 Å². The normalized spacial score (nSPS) is 16.1. The van der Waals surface area contributed by atoms with Gasteiger partial charge in [-0.25, -0.2) is 0 Å². The van der Waals surface area contributed by atoms with E-state index in [1.165, 1.54) is 6.07 Å². The van der Waals surface area contributed by atoms with Crippen LogP contribution in [0.1, 0.15) is 49.4 Å². The standard InChI is InChI=1S/C26H32ClN5O4/c1-2-6-25(33)31-15-13-30(14-16-31)22-10-8-20(27)18-21(22)28-26(34)19-7-9-23(24(17-19)32(35)36)29-11-4-3-5-12-29/h7-10,17-18H,2-6,11-16H2,1H3,(H,28,34). The predicted molar refractivity (Wildman–Crippen MR) is 142 cm³/mol. The summed E-state index contributed by atoms with van der Waals surface area (Å²) < 4.78 is 0. The van der Waals surface area contributed by atoms with Crippen molar-refractivity contribution < 1.29 is 14.5 Å². The van der Waals surface area contributed by atoms with Crippen molar-refractivity contribution in [1.82, 2.24) is 4.90 Å². The molecule has 0 bridgehead atoms. The first-order valence-electron chi connectivity index (χ1n) is 12.5. The van der Waals surface area contributed by atoms with Crippen molar-refractivity contribution in [2.24, 2.45) is 0 Å². The molecule has 1 N–H and O–H groups in total. The Balaban J connectivity index is 1.52. The number of carbonyl (C=O) groups excluding carboxylic acids is 2. The molecule has 0 aliphatic carbocycles. The maximum atomic E-state index is 13.2. The summed E-state index contributed by atoms with van der Waals surface area (Å²) in [6, 6.07) is 9.95. The molecule has 0 spiro atoms. The number of nitro benzene ring substituents is 1. The molecular weight excluding hydrogens is 482 g/mol. The second-order valence-electron chi connectivity index (χ2n) is 9.24. The molecule has 36 heavy (non-hydrogen) atoms. The molecule has 2 amide bonds. The Kier molecular flexibility index (Phi) is 8.30. The first-order chi connectivity index (χ1) is 17.4. The Morgan fingerprint density at radius 1 is 0.944 bits per heavy atom. The lowest BCUT2D eigenvalue weighted by atomic mass is 10.1. The number of rotatable bonds is 7. The number of carbonyl (C=O) groups is 2. The van der Waals surface area contributed by atoms with Gasteiger partial charge in [0, 0.05) is 62.3 Å². The first kappa shape index (κ1) is 25.8. The Morgan fingerprint density at radius 3 is 2.28 bits per heavy atom. The van der Waals surface area contributed by atoms with Gasteiger partial charge in [-0.15, -0.1) is 0 Å². The van der Waals surface area contributed by atoms with E-state index in [1.807, 2.05) is 22.8 Å². The summed E-state index contributed by atoms with van der Waals surface area (Å²) in [5.41, 5.74) is 2.03. The van der Waals surface area contributed by atoms with Crippen LogP contribution in [-0.4, -0.2) is 60.9 Å². The Hall–Kier alpha value is -3.33. The van der Waals surface area contributed by atoms with Gasteiger partial charge in [0.15, 0.2) is 0 Å². The fraction of sp³-hybridized carbons (Fsp3) is 0.462. The number of benzene rings is 2. The molecule has 2 heterocycles. The van der Waals surface area contributed by atoms with Crippen LogP contribution in [0.25, 0.3) is 0 Å². The van der Waals surface area contributed by atoms with Gasteiger partial charge in [0.05, 0.1) is 16.3 Å². The quantitative estimate of drug-likeness (QED) is 0.416. The largest absolute Gasteiger partial charge is 0.366 e. The molecule has 2 aliphatic heterocycles. The van der Waals surface area contributed by atoms with Crippen LogP contribution >= 0.6 is 11.6 Å². The van der Waals surface area contributed by atoms with E-state index in [-0.39, 0.29) is 17.2 Å². The number of hydrogen-bond acceptors (Lipinski definition) is 6. The van der Waals surface area contributed by atoms with Crippen molar-refractivity contribution >= 4 is 46.2 Å². The zero-order chi connectivity index (χ0) is 25.7. The number of anilines is 3. The first-order valence-corrected chi connectivity index (χ1v) is 12.9. The Labute approximate surface area is 216 Å². The number of halogens is 1. The fourth-order valence-corrected chi connectivity index (χ4v) is 5.03. The van der Waals surface area contributed by atoms with Crippen LogP contribution < -0.4 is 15.1 Å². The minimum atomic E-state index is -0.441. The molecule has 0 radical (unpaired) electrons. The Bertz CT molecular complexity index is 1130. The van der Waals surface area contributed by atoms with E-state index in [0.29, 0.717) is 49.0 Å². The predicted octanol–water partition coefficient (Wildman–Crippen LogP) is 4.94. The minimum Gasteiger partial charge on any atom is -0.366 e. The van der Waals surface area contributed by atoms with Gasteiger partial charge in [-0.05, 0) is 56.0 Å². The highest BCUT2D eigenvalue weighted by molar-refractivity contribution is 6.31. The van der Waals surface area contributed by atoms with E-state index in [0.717, 1.165) is 44.5 Å². The monoisotopic (exact) mass is 513 g/mol. The zero-order valence-electron chi connectivity index (χ0n) is 20.5. The molecule has 0 atom stereocenters. The Morgan fingerprint density at radius 2 is 1.61 bits per heavy atom. The third-order valence-corrected chi connectivity index (χ3v) is 7.01. The van der Waals surface area contributed by atoms with Crippen molar-refractivity contribution in [1.29, 1.82) is 0 Å². The lowest BCUT2D eigenvalue weighted by Gasteiger charge is -2.37. The van der Waals surface area contributed by atoms with Gasteiger partial charge in [0.2, 0.25) is 5.91 Å². The number of piperazine rings is 1. The molecular formula is C26H32ClN5O4. The summed E-state index contributed by atoms with van der Waals surface area (Å²) in [7, 11) is 0. The lowest BCUT2D eigenvalue weighted by molar-refractivity contribution is -0.384. The molecule has 9 nitrogen and oxygen atoms in total. The molecule has 2 fully saturated rings. The molecule has 2 saturated heterocycles. The summed E-state index contributed by atoms with van der Waals surface area (Å²) >= 11 is 6.24. The number of nitrogens with zero attached hydrogens (tertiary/aromatic N) is 4. The van der Waals surface area contributed by atoms with Gasteiger partial charge in [0.25, 0.3) is 11.6 Å². The van der Waals surface area contributed by atoms with Crippen LogP contribution in [0.15, 0.2) is 36.4 Å². The molecule has 2 aromatic rings. The summed E-state index contributed by atoms with van der Waals surface area (Å²) in [5, 5.41) is 15.2. The van der Waals surface area contributed by atoms with E-state index in [2.05, 4.69) is 10.2 Å². The zero-order valence-corrected chi connectivity index (χ0v) is 21.3. The summed E-state index contributed by atoms with van der Waals surface area (Å²) in [4.78, 5) is 42.8. The van der Waals surface area contributed by atoms with Crippen LogP contribution in [0.3, 0.4) is 0 Å². The van der Waals surface area contributed by atoms with Crippen molar-refractivity contribution in [2.75, 3.05) is 54.4 Å². The average molecular weight is 514 g/mol. The van der Waals surface area contributed by atoms with Crippen LogP contribution in [-0.2, 0) is 4.79 Å². The molecule has 0 aromatic heterocycles. The maximum absolute atomic E-state index is 13.2. The average Bonchev–Trinajstić information content (AvgIpc) is 2.89. The van der Waals surface area contributed by atoms with E-state index >= 15 is 0 Å². The van der Waals surface area contributed by atoms with E-state index in [4.69, 9.17) is 11.6 Å². The molecule has 192 valence electrons. The van der Waals surface area contributed by atoms with Crippen molar-refractivity contribution in [3.63, 3.8) is 0 Å². The van der Waals surface area contributed by atoms with E-state index < -0.39 is 10.8 Å². The van der Waals surface area contributed by atoms with Gasteiger partial charge in [-0.2, -0.15) is 0 Å². The van der Waals surface area contributed by atoms with Crippen molar-refractivity contribution in [2.45, 2.75) is 39.0 Å². The van der Waals surface area contributed by atoms with Crippen LogP contribution in [0.4, 0.5) is 22.7 Å². The highest BCUT2D eigenvalue weighted by Crippen LogP contribution is 2.33. The number of amides is 2. The molecule has 0 saturated carbocycles. The maximum Gasteiger partial charge on any atom is 0.293 e. The van der Waals surface area contributed by atoms with Crippen LogP contribution in [0.5, 0.6) is 0 Å².